The predicted molar refractivity (Wildman–Crippen MR) is 92.0 cm³/mol. The fourth-order valence-corrected chi connectivity index (χ4v) is 2.85. The summed E-state index contributed by atoms with van der Waals surface area (Å²) in [6.07, 6.45) is -1.68. The maximum atomic E-state index is 13.1. The molecule has 0 saturated heterocycles. The van der Waals surface area contributed by atoms with E-state index >= 15 is 0 Å². The van der Waals surface area contributed by atoms with Crippen molar-refractivity contribution in [3.05, 3.63) is 79.8 Å². The van der Waals surface area contributed by atoms with Gasteiger partial charge in [0.2, 0.25) is 0 Å². The molecule has 2 heterocycles. The lowest BCUT2D eigenvalue weighted by atomic mass is 9.97. The Balaban J connectivity index is 2.09. The van der Waals surface area contributed by atoms with E-state index in [0.29, 0.717) is 0 Å². The number of halogens is 3. The molecule has 3 rings (SSSR count). The van der Waals surface area contributed by atoms with Crippen LogP contribution in [0.25, 0.3) is 5.70 Å². The standard InChI is InChI=1S/C18H15F3N2O5/c1-17(2)9-14(13-8-12(18(19,20)21)3-4-15(13)28-17)22-6-5-11(7-16(22)24)10-27-23(25)26/h3-9H,10H2,1-2H3. The lowest BCUT2D eigenvalue weighted by molar-refractivity contribution is -0.763. The molecule has 28 heavy (non-hydrogen) atoms. The molecule has 0 bridgehead atoms. The van der Waals surface area contributed by atoms with Crippen LogP contribution in [0.15, 0.2) is 47.4 Å². The zero-order chi connectivity index (χ0) is 20.7. The summed E-state index contributed by atoms with van der Waals surface area (Å²) >= 11 is 0. The SMILES string of the molecule is CC1(C)C=C(n2ccc(CO[N+](=O)[O-])cc2=O)c2cc(C(F)(F)F)ccc2O1. The fraction of sp³-hybridized carbons (Fsp3) is 0.278. The molecule has 2 aromatic rings. The van der Waals surface area contributed by atoms with Crippen molar-refractivity contribution in [2.24, 2.45) is 0 Å². The van der Waals surface area contributed by atoms with E-state index in [1.165, 1.54) is 22.9 Å². The van der Waals surface area contributed by atoms with Gasteiger partial charge in [0.1, 0.15) is 18.0 Å². The Hall–Kier alpha value is -3.30. The van der Waals surface area contributed by atoms with Crippen LogP contribution >= 0.6 is 0 Å². The van der Waals surface area contributed by atoms with Gasteiger partial charge in [-0.25, -0.2) is 0 Å². The molecule has 1 aliphatic heterocycles. The average Bonchev–Trinajstić information content (AvgIpc) is 2.57. The molecule has 0 spiro atoms. The smallest absolute Gasteiger partial charge is 0.416 e. The minimum atomic E-state index is -4.55. The number of benzene rings is 1. The molecule has 0 saturated carbocycles. The topological polar surface area (TPSA) is 83.6 Å². The normalized spacial score (nSPS) is 15.2. The summed E-state index contributed by atoms with van der Waals surface area (Å²) in [5.74, 6) is 0.211. The molecular weight excluding hydrogens is 381 g/mol. The highest BCUT2D eigenvalue weighted by atomic mass is 19.4. The fourth-order valence-electron chi connectivity index (χ4n) is 2.85. The zero-order valence-corrected chi connectivity index (χ0v) is 14.8. The lowest BCUT2D eigenvalue weighted by Crippen LogP contribution is -2.32. The number of nitrogens with zero attached hydrogens (tertiary/aromatic N) is 2. The van der Waals surface area contributed by atoms with Crippen molar-refractivity contribution in [2.45, 2.75) is 32.2 Å². The molecule has 1 aromatic heterocycles. The summed E-state index contributed by atoms with van der Waals surface area (Å²) in [5, 5.41) is 9.30. The average molecular weight is 396 g/mol. The molecule has 0 amide bonds. The van der Waals surface area contributed by atoms with Crippen molar-refractivity contribution in [3.63, 3.8) is 0 Å². The van der Waals surface area contributed by atoms with E-state index in [4.69, 9.17) is 4.74 Å². The van der Waals surface area contributed by atoms with E-state index in [1.807, 2.05) is 0 Å². The summed E-state index contributed by atoms with van der Waals surface area (Å²) in [7, 11) is 0. The monoisotopic (exact) mass is 396 g/mol. The van der Waals surface area contributed by atoms with E-state index in [0.717, 1.165) is 18.2 Å². The second kappa shape index (κ2) is 6.70. The maximum absolute atomic E-state index is 13.1. The number of fused-ring (bicyclic) bond motifs is 1. The van der Waals surface area contributed by atoms with E-state index in [1.54, 1.807) is 19.9 Å². The van der Waals surface area contributed by atoms with E-state index in [2.05, 4.69) is 4.84 Å². The van der Waals surface area contributed by atoms with Gasteiger partial charge in [-0.2, -0.15) is 13.2 Å². The minimum absolute atomic E-state index is 0.116. The number of hydrogen-bond acceptors (Lipinski definition) is 5. The quantitative estimate of drug-likeness (QED) is 0.582. The number of pyridine rings is 1. The first-order valence-corrected chi connectivity index (χ1v) is 8.09. The van der Waals surface area contributed by atoms with Crippen LogP contribution in [0.3, 0.4) is 0 Å². The highest BCUT2D eigenvalue weighted by Crippen LogP contribution is 2.40. The minimum Gasteiger partial charge on any atom is -0.483 e. The van der Waals surface area contributed by atoms with Gasteiger partial charge in [-0.15, -0.1) is 10.1 Å². The number of aromatic nitrogens is 1. The van der Waals surface area contributed by atoms with Crippen molar-refractivity contribution in [1.29, 1.82) is 0 Å². The van der Waals surface area contributed by atoms with Crippen molar-refractivity contribution in [2.75, 3.05) is 0 Å². The predicted octanol–water partition coefficient (Wildman–Crippen LogP) is 3.64. The molecule has 0 atom stereocenters. The summed E-state index contributed by atoms with van der Waals surface area (Å²) in [5.41, 5.74) is -1.71. The van der Waals surface area contributed by atoms with Gasteiger partial charge >= 0.3 is 6.18 Å². The molecule has 0 radical (unpaired) electrons. The Labute approximate surface area is 156 Å². The van der Waals surface area contributed by atoms with E-state index in [-0.39, 0.29) is 22.6 Å². The van der Waals surface area contributed by atoms with Gasteiger partial charge in [0, 0.05) is 17.8 Å². The first kappa shape index (κ1) is 19.5. The van der Waals surface area contributed by atoms with Gasteiger partial charge in [-0.3, -0.25) is 9.36 Å². The van der Waals surface area contributed by atoms with Crippen LogP contribution in [0.1, 0.15) is 30.5 Å². The third-order valence-electron chi connectivity index (χ3n) is 4.02. The third-order valence-corrected chi connectivity index (χ3v) is 4.02. The van der Waals surface area contributed by atoms with Crippen molar-refractivity contribution in [1.82, 2.24) is 4.57 Å². The summed E-state index contributed by atoms with van der Waals surface area (Å²) in [4.78, 5) is 27.0. The number of rotatable bonds is 4. The molecule has 0 unspecified atom stereocenters. The molecule has 0 N–H and O–H groups in total. The van der Waals surface area contributed by atoms with Crippen LogP contribution in [0.4, 0.5) is 13.2 Å². The molecule has 0 fully saturated rings. The second-order valence-electron chi connectivity index (χ2n) is 6.68. The van der Waals surface area contributed by atoms with Crippen LogP contribution in [0.5, 0.6) is 5.75 Å². The first-order valence-electron chi connectivity index (χ1n) is 8.09. The molecule has 148 valence electrons. The number of alkyl halides is 3. The van der Waals surface area contributed by atoms with Gasteiger partial charge in [0.05, 0.1) is 11.3 Å². The van der Waals surface area contributed by atoms with Crippen LogP contribution < -0.4 is 10.3 Å². The molecule has 1 aliphatic rings. The third kappa shape index (κ3) is 4.00. The summed E-state index contributed by atoms with van der Waals surface area (Å²) in [6.45, 7) is 3.00. The highest BCUT2D eigenvalue weighted by molar-refractivity contribution is 5.74. The van der Waals surface area contributed by atoms with Gasteiger partial charge in [0.15, 0.2) is 0 Å². The van der Waals surface area contributed by atoms with Crippen molar-refractivity contribution >= 4 is 5.70 Å². The Morgan fingerprint density at radius 3 is 2.57 bits per heavy atom. The van der Waals surface area contributed by atoms with Gasteiger partial charge in [-0.05, 0) is 49.8 Å². The van der Waals surface area contributed by atoms with Gasteiger partial charge < -0.3 is 9.57 Å². The maximum Gasteiger partial charge on any atom is 0.416 e. The van der Waals surface area contributed by atoms with E-state index < -0.39 is 34.6 Å². The first-order chi connectivity index (χ1) is 13.0. The summed E-state index contributed by atoms with van der Waals surface area (Å²) in [6, 6.07) is 5.60. The zero-order valence-electron chi connectivity index (χ0n) is 14.8. The van der Waals surface area contributed by atoms with Crippen molar-refractivity contribution < 1.29 is 27.8 Å². The number of ether oxygens (including phenoxy) is 1. The Bertz CT molecular complexity index is 1020. The van der Waals surface area contributed by atoms with Gasteiger partial charge in [-0.1, -0.05) is 0 Å². The lowest BCUT2D eigenvalue weighted by Gasteiger charge is -2.32. The molecule has 1 aromatic carbocycles. The van der Waals surface area contributed by atoms with Crippen LogP contribution in [-0.2, 0) is 17.6 Å². The highest BCUT2D eigenvalue weighted by Gasteiger charge is 2.34. The van der Waals surface area contributed by atoms with E-state index in [9.17, 15) is 28.1 Å². The largest absolute Gasteiger partial charge is 0.483 e. The Morgan fingerprint density at radius 2 is 1.96 bits per heavy atom. The van der Waals surface area contributed by atoms with Crippen molar-refractivity contribution in [3.8, 4) is 5.75 Å². The molecule has 10 heteroatoms. The Kier molecular flexibility index (Phi) is 4.66. The molecule has 7 nitrogen and oxygen atoms in total. The second-order valence-corrected chi connectivity index (χ2v) is 6.68. The van der Waals surface area contributed by atoms with Crippen LogP contribution in [0.2, 0.25) is 0 Å². The van der Waals surface area contributed by atoms with Crippen LogP contribution in [-0.4, -0.2) is 15.3 Å². The molecular formula is C18H15F3N2O5. The summed E-state index contributed by atoms with van der Waals surface area (Å²) < 4.78 is 46.3. The number of hydrogen-bond donors (Lipinski definition) is 0. The Morgan fingerprint density at radius 1 is 1.25 bits per heavy atom. The molecule has 0 aliphatic carbocycles. The van der Waals surface area contributed by atoms with Gasteiger partial charge in [0.25, 0.3) is 10.6 Å². The van der Waals surface area contributed by atoms with Crippen LogP contribution in [0, 0.1) is 10.1 Å².